The van der Waals surface area contributed by atoms with E-state index in [1.165, 1.54) is 11.3 Å². The number of β-amino-alcohol motifs (C(OH)–C–C–N with tert-alkyl or cyclic N) is 1. The highest BCUT2D eigenvalue weighted by molar-refractivity contribution is 7.17. The SMILES string of the molecule is Cc1c2c(nn1-c1nnc(-c3ccc(OC(C)C)c(Cl)c3)s1)CCN(C[C@H](O)COC=O)C2. The predicted octanol–water partition coefficient (Wildman–Crippen LogP) is 3.03. The van der Waals surface area contributed by atoms with Crippen LogP contribution in [0.15, 0.2) is 18.2 Å². The summed E-state index contributed by atoms with van der Waals surface area (Å²) in [5.74, 6) is 0.642. The molecule has 2 aromatic heterocycles. The molecule has 0 saturated carbocycles. The monoisotopic (exact) mass is 491 g/mol. The van der Waals surface area contributed by atoms with Gasteiger partial charge in [-0.05, 0) is 39.0 Å². The molecule has 9 nitrogen and oxygen atoms in total. The van der Waals surface area contributed by atoms with Gasteiger partial charge in [0.25, 0.3) is 6.47 Å². The lowest BCUT2D eigenvalue weighted by atomic mass is 10.1. The van der Waals surface area contributed by atoms with Gasteiger partial charge in [-0.25, -0.2) is 4.68 Å². The Hall–Kier alpha value is -2.53. The molecule has 1 aliphatic heterocycles. The van der Waals surface area contributed by atoms with Gasteiger partial charge < -0.3 is 14.6 Å². The Bertz CT molecular complexity index is 1130. The van der Waals surface area contributed by atoms with Crippen LogP contribution in [0.1, 0.15) is 30.8 Å². The van der Waals surface area contributed by atoms with Crippen molar-refractivity contribution in [1.29, 1.82) is 0 Å². The number of aromatic nitrogens is 4. The number of aliphatic hydroxyl groups is 1. The van der Waals surface area contributed by atoms with Crippen LogP contribution in [-0.4, -0.2) is 68.4 Å². The van der Waals surface area contributed by atoms with E-state index in [1.54, 1.807) is 0 Å². The van der Waals surface area contributed by atoms with Crippen molar-refractivity contribution < 1.29 is 19.4 Å². The zero-order valence-corrected chi connectivity index (χ0v) is 20.3. The number of ether oxygens (including phenoxy) is 2. The van der Waals surface area contributed by atoms with E-state index in [0.717, 1.165) is 40.5 Å². The smallest absolute Gasteiger partial charge is 0.293 e. The molecule has 0 spiro atoms. The molecule has 4 rings (SSSR count). The first-order valence-electron chi connectivity index (χ1n) is 10.7. The van der Waals surface area contributed by atoms with E-state index in [0.29, 0.717) is 35.5 Å². The number of hydrogen-bond donors (Lipinski definition) is 1. The first-order valence-corrected chi connectivity index (χ1v) is 11.9. The second-order valence-electron chi connectivity index (χ2n) is 8.19. The summed E-state index contributed by atoms with van der Waals surface area (Å²) >= 11 is 7.83. The van der Waals surface area contributed by atoms with Crippen LogP contribution >= 0.6 is 22.9 Å². The van der Waals surface area contributed by atoms with Crippen LogP contribution in [0.2, 0.25) is 5.02 Å². The van der Waals surface area contributed by atoms with Crippen molar-refractivity contribution in [2.75, 3.05) is 19.7 Å². The molecule has 176 valence electrons. The number of benzene rings is 1. The lowest BCUT2D eigenvalue weighted by molar-refractivity contribution is -0.131. The molecule has 0 amide bonds. The van der Waals surface area contributed by atoms with Crippen molar-refractivity contribution in [3.63, 3.8) is 0 Å². The van der Waals surface area contributed by atoms with Crippen molar-refractivity contribution in [1.82, 2.24) is 24.9 Å². The molecule has 0 saturated heterocycles. The molecule has 1 atom stereocenters. The highest BCUT2D eigenvalue weighted by atomic mass is 35.5. The standard InChI is InChI=1S/C22H26ClN5O4S/c1-13(2)32-20-5-4-15(8-18(20)23)21-24-25-22(33-21)28-14(3)17-10-27(7-6-19(17)26-28)9-16(30)11-31-12-29/h4-5,8,12-13,16,30H,6-7,9-11H2,1-3H3/t16-/m0/s1. The molecule has 3 heterocycles. The maximum Gasteiger partial charge on any atom is 0.293 e. The Balaban J connectivity index is 1.51. The third kappa shape index (κ3) is 5.35. The van der Waals surface area contributed by atoms with Crippen LogP contribution < -0.4 is 4.74 Å². The van der Waals surface area contributed by atoms with Crippen molar-refractivity contribution >= 4 is 29.4 Å². The number of nitrogens with zero attached hydrogens (tertiary/aromatic N) is 5. The highest BCUT2D eigenvalue weighted by Crippen LogP contribution is 2.34. The number of fused-ring (bicyclic) bond motifs is 1. The number of carbonyl (C=O) groups excluding carboxylic acids is 1. The summed E-state index contributed by atoms with van der Waals surface area (Å²) in [6.45, 7) is 8.13. The molecule has 11 heteroatoms. The molecule has 0 bridgehead atoms. The van der Waals surface area contributed by atoms with Gasteiger partial charge in [0.15, 0.2) is 0 Å². The van der Waals surface area contributed by atoms with Gasteiger partial charge in [0.2, 0.25) is 5.13 Å². The van der Waals surface area contributed by atoms with E-state index in [-0.39, 0.29) is 12.7 Å². The third-order valence-corrected chi connectivity index (χ3v) is 6.58. The van der Waals surface area contributed by atoms with Gasteiger partial charge in [-0.1, -0.05) is 22.9 Å². The Kier molecular flexibility index (Phi) is 7.28. The summed E-state index contributed by atoms with van der Waals surface area (Å²) in [5.41, 5.74) is 4.01. The number of carbonyl (C=O) groups is 1. The average Bonchev–Trinajstić information content (AvgIpc) is 3.38. The van der Waals surface area contributed by atoms with Gasteiger partial charge >= 0.3 is 0 Å². The molecule has 3 aromatic rings. The van der Waals surface area contributed by atoms with Crippen molar-refractivity contribution in [3.05, 3.63) is 40.2 Å². The second kappa shape index (κ2) is 10.2. The Morgan fingerprint density at radius 1 is 1.33 bits per heavy atom. The Labute approximate surface area is 200 Å². The second-order valence-corrected chi connectivity index (χ2v) is 9.56. The van der Waals surface area contributed by atoms with E-state index in [9.17, 15) is 9.90 Å². The fraction of sp³-hybridized carbons (Fsp3) is 0.455. The third-order valence-electron chi connectivity index (χ3n) is 5.33. The first kappa shape index (κ1) is 23.6. The predicted molar refractivity (Wildman–Crippen MR) is 125 cm³/mol. The van der Waals surface area contributed by atoms with E-state index in [4.69, 9.17) is 21.4 Å². The van der Waals surface area contributed by atoms with Gasteiger partial charge in [-0.2, -0.15) is 5.10 Å². The minimum atomic E-state index is -0.720. The van der Waals surface area contributed by atoms with Gasteiger partial charge in [0, 0.05) is 42.9 Å². The summed E-state index contributed by atoms with van der Waals surface area (Å²) in [6, 6.07) is 5.61. The summed E-state index contributed by atoms with van der Waals surface area (Å²) < 4.78 is 12.2. The van der Waals surface area contributed by atoms with Crippen LogP contribution in [0, 0.1) is 6.92 Å². The molecule has 0 unspecified atom stereocenters. The van der Waals surface area contributed by atoms with Crippen LogP contribution in [0.3, 0.4) is 0 Å². The van der Waals surface area contributed by atoms with Gasteiger partial charge in [-0.3, -0.25) is 9.69 Å². The highest BCUT2D eigenvalue weighted by Gasteiger charge is 2.26. The van der Waals surface area contributed by atoms with E-state index in [2.05, 4.69) is 19.8 Å². The summed E-state index contributed by atoms with van der Waals surface area (Å²) in [5, 5.41) is 25.5. The van der Waals surface area contributed by atoms with Crippen LogP contribution in [0.4, 0.5) is 0 Å². The zero-order chi connectivity index (χ0) is 23.5. The zero-order valence-electron chi connectivity index (χ0n) is 18.7. The maximum absolute atomic E-state index is 10.3. The molecular formula is C22H26ClN5O4S. The molecule has 33 heavy (non-hydrogen) atoms. The normalized spacial score (nSPS) is 14.8. The first-order chi connectivity index (χ1) is 15.9. The fourth-order valence-electron chi connectivity index (χ4n) is 3.81. The van der Waals surface area contributed by atoms with Crippen molar-refractivity contribution in [3.8, 4) is 21.5 Å². The number of halogens is 1. The largest absolute Gasteiger partial charge is 0.489 e. The van der Waals surface area contributed by atoms with Crippen molar-refractivity contribution in [2.24, 2.45) is 0 Å². The molecule has 1 aromatic carbocycles. The Morgan fingerprint density at radius 3 is 2.88 bits per heavy atom. The lowest BCUT2D eigenvalue weighted by Gasteiger charge is -2.28. The Morgan fingerprint density at radius 2 is 2.15 bits per heavy atom. The minimum absolute atomic E-state index is 0.00669. The number of rotatable bonds is 9. The quantitative estimate of drug-likeness (QED) is 0.456. The van der Waals surface area contributed by atoms with Gasteiger partial charge in [0.1, 0.15) is 23.5 Å². The van der Waals surface area contributed by atoms with E-state index < -0.39 is 6.10 Å². The topological polar surface area (TPSA) is 103 Å². The number of aliphatic hydroxyl groups excluding tert-OH is 1. The molecular weight excluding hydrogens is 466 g/mol. The molecule has 0 aliphatic carbocycles. The summed E-state index contributed by atoms with van der Waals surface area (Å²) in [7, 11) is 0. The number of hydrogen-bond acceptors (Lipinski definition) is 9. The molecule has 0 fully saturated rings. The van der Waals surface area contributed by atoms with Crippen molar-refractivity contribution in [2.45, 2.75) is 45.9 Å². The fourth-order valence-corrected chi connectivity index (χ4v) is 4.88. The maximum atomic E-state index is 10.3. The van der Waals surface area contributed by atoms with E-state index in [1.807, 2.05) is 43.7 Å². The average molecular weight is 492 g/mol. The van der Waals surface area contributed by atoms with Gasteiger partial charge in [0.05, 0.1) is 16.8 Å². The summed E-state index contributed by atoms with van der Waals surface area (Å²) in [6.07, 6.45) is 0.0874. The minimum Gasteiger partial charge on any atom is -0.489 e. The summed E-state index contributed by atoms with van der Waals surface area (Å²) in [4.78, 5) is 12.5. The molecule has 1 aliphatic rings. The van der Waals surface area contributed by atoms with Crippen LogP contribution in [0.25, 0.3) is 15.7 Å². The van der Waals surface area contributed by atoms with Crippen LogP contribution in [0.5, 0.6) is 5.75 Å². The van der Waals surface area contributed by atoms with Crippen LogP contribution in [-0.2, 0) is 22.5 Å². The van der Waals surface area contributed by atoms with Gasteiger partial charge in [-0.15, -0.1) is 10.2 Å². The van der Waals surface area contributed by atoms with E-state index >= 15 is 0 Å². The molecule has 0 radical (unpaired) electrons. The lowest BCUT2D eigenvalue weighted by Crippen LogP contribution is -2.38. The molecule has 1 N–H and O–H groups in total.